The summed E-state index contributed by atoms with van der Waals surface area (Å²) in [4.78, 5) is 2.16. The molecule has 0 aliphatic carbocycles. The highest BCUT2D eigenvalue weighted by Gasteiger charge is 2.35. The van der Waals surface area contributed by atoms with Crippen molar-refractivity contribution in [3.8, 4) is 0 Å². The van der Waals surface area contributed by atoms with Gasteiger partial charge in [-0.1, -0.05) is 0 Å². The molecule has 0 saturated carbocycles. The summed E-state index contributed by atoms with van der Waals surface area (Å²) in [5.74, 6) is 0. The van der Waals surface area contributed by atoms with E-state index in [9.17, 15) is 4.39 Å². The molecule has 0 radical (unpaired) electrons. The van der Waals surface area contributed by atoms with Gasteiger partial charge in [0, 0.05) is 26.2 Å². The molecule has 2 aliphatic rings. The molecule has 2 heterocycles. The Hall–Kier alpha value is -0.190. The van der Waals surface area contributed by atoms with Crippen molar-refractivity contribution in [3.63, 3.8) is 0 Å². The van der Waals surface area contributed by atoms with E-state index in [1.54, 1.807) is 0 Å². The number of nitrogens with zero attached hydrogens (tertiary/aromatic N) is 1. The fourth-order valence-electron chi connectivity index (χ4n) is 2.01. The van der Waals surface area contributed by atoms with E-state index in [1.807, 2.05) is 0 Å². The van der Waals surface area contributed by atoms with Crippen LogP contribution >= 0.6 is 0 Å². The summed E-state index contributed by atoms with van der Waals surface area (Å²) in [6, 6.07) is 0. The number of morpholine rings is 1. The maximum atomic E-state index is 14.0. The third-order valence-corrected chi connectivity index (χ3v) is 2.80. The van der Waals surface area contributed by atoms with Gasteiger partial charge in [-0.15, -0.1) is 0 Å². The van der Waals surface area contributed by atoms with Crippen molar-refractivity contribution in [1.29, 1.82) is 0 Å². The van der Waals surface area contributed by atoms with Crippen LogP contribution in [0.4, 0.5) is 4.39 Å². The van der Waals surface area contributed by atoms with E-state index >= 15 is 0 Å². The van der Waals surface area contributed by atoms with Gasteiger partial charge in [0.2, 0.25) is 0 Å². The van der Waals surface area contributed by atoms with Gasteiger partial charge in [-0.2, -0.15) is 0 Å². The second kappa shape index (κ2) is 3.90. The lowest BCUT2D eigenvalue weighted by molar-refractivity contribution is 0.0102. The van der Waals surface area contributed by atoms with Gasteiger partial charge in [-0.3, -0.25) is 4.90 Å². The first kappa shape index (κ1) is 9.37. The normalized spacial score (nSPS) is 36.7. The summed E-state index contributed by atoms with van der Waals surface area (Å²) in [5, 5.41) is 3.07. The molecule has 0 aromatic rings. The highest BCUT2D eigenvalue weighted by atomic mass is 19.1. The van der Waals surface area contributed by atoms with Crippen molar-refractivity contribution in [1.82, 2.24) is 10.2 Å². The number of hydrogen-bond acceptors (Lipinski definition) is 3. The van der Waals surface area contributed by atoms with Gasteiger partial charge in [0.15, 0.2) is 0 Å². The number of alkyl halides is 1. The van der Waals surface area contributed by atoms with Crippen LogP contribution in [0.15, 0.2) is 0 Å². The maximum Gasteiger partial charge on any atom is 0.137 e. The third-order valence-electron chi connectivity index (χ3n) is 2.80. The van der Waals surface area contributed by atoms with Crippen LogP contribution in [-0.4, -0.2) is 56.5 Å². The van der Waals surface area contributed by atoms with E-state index in [2.05, 4.69) is 10.2 Å². The molecule has 0 spiro atoms. The van der Waals surface area contributed by atoms with Gasteiger partial charge in [-0.05, 0) is 13.0 Å². The number of rotatable bonds is 2. The Morgan fingerprint density at radius 1 is 1.38 bits per heavy atom. The van der Waals surface area contributed by atoms with Crippen molar-refractivity contribution < 1.29 is 9.13 Å². The van der Waals surface area contributed by atoms with Crippen LogP contribution in [0.5, 0.6) is 0 Å². The zero-order chi connectivity index (χ0) is 9.15. The SMILES string of the molecule is FC1(CN2CCOCC2)CCNC1. The molecule has 1 atom stereocenters. The van der Waals surface area contributed by atoms with Crippen molar-refractivity contribution in [2.45, 2.75) is 12.1 Å². The molecule has 1 N–H and O–H groups in total. The number of hydrogen-bond donors (Lipinski definition) is 1. The molecule has 0 amide bonds. The summed E-state index contributed by atoms with van der Waals surface area (Å²) in [7, 11) is 0. The van der Waals surface area contributed by atoms with Crippen molar-refractivity contribution in [3.05, 3.63) is 0 Å². The molecule has 2 fully saturated rings. The fraction of sp³-hybridized carbons (Fsp3) is 1.00. The average Bonchev–Trinajstić information content (AvgIpc) is 2.54. The van der Waals surface area contributed by atoms with E-state index in [1.165, 1.54) is 0 Å². The van der Waals surface area contributed by atoms with E-state index in [0.717, 1.165) is 32.8 Å². The molecule has 2 saturated heterocycles. The van der Waals surface area contributed by atoms with Gasteiger partial charge in [0.25, 0.3) is 0 Å². The Balaban J connectivity index is 1.81. The Kier molecular flexibility index (Phi) is 2.81. The Labute approximate surface area is 78.2 Å². The lowest BCUT2D eigenvalue weighted by Crippen LogP contribution is -2.46. The van der Waals surface area contributed by atoms with Crippen LogP contribution in [0, 0.1) is 0 Å². The second-order valence-corrected chi connectivity index (χ2v) is 3.97. The molecule has 0 aromatic heterocycles. The quantitative estimate of drug-likeness (QED) is 0.661. The first-order valence-corrected chi connectivity index (χ1v) is 4.98. The predicted molar refractivity (Wildman–Crippen MR) is 48.6 cm³/mol. The zero-order valence-corrected chi connectivity index (χ0v) is 7.89. The van der Waals surface area contributed by atoms with E-state index in [4.69, 9.17) is 4.74 Å². The molecule has 1 unspecified atom stereocenters. The highest BCUT2D eigenvalue weighted by molar-refractivity contribution is 4.91. The molecule has 0 bridgehead atoms. The van der Waals surface area contributed by atoms with Crippen LogP contribution < -0.4 is 5.32 Å². The van der Waals surface area contributed by atoms with Gasteiger partial charge >= 0.3 is 0 Å². The van der Waals surface area contributed by atoms with E-state index < -0.39 is 5.67 Å². The first-order valence-electron chi connectivity index (χ1n) is 4.98. The van der Waals surface area contributed by atoms with E-state index in [0.29, 0.717) is 19.5 Å². The monoisotopic (exact) mass is 188 g/mol. The minimum absolute atomic E-state index is 0.518. The Morgan fingerprint density at radius 2 is 2.15 bits per heavy atom. The highest BCUT2D eigenvalue weighted by Crippen LogP contribution is 2.21. The lowest BCUT2D eigenvalue weighted by Gasteiger charge is -2.31. The zero-order valence-electron chi connectivity index (χ0n) is 7.89. The molecular weight excluding hydrogens is 171 g/mol. The van der Waals surface area contributed by atoms with Crippen molar-refractivity contribution in [2.24, 2.45) is 0 Å². The molecule has 3 nitrogen and oxygen atoms in total. The fourth-order valence-corrected chi connectivity index (χ4v) is 2.01. The third kappa shape index (κ3) is 2.39. The Morgan fingerprint density at radius 3 is 2.77 bits per heavy atom. The molecule has 0 aromatic carbocycles. The number of ether oxygens (including phenoxy) is 1. The number of nitrogens with one attached hydrogen (secondary N) is 1. The largest absolute Gasteiger partial charge is 0.379 e. The minimum atomic E-state index is -0.989. The van der Waals surface area contributed by atoms with Gasteiger partial charge in [0.05, 0.1) is 13.2 Å². The second-order valence-electron chi connectivity index (χ2n) is 3.97. The molecule has 4 heteroatoms. The van der Waals surface area contributed by atoms with Gasteiger partial charge in [0.1, 0.15) is 5.67 Å². The average molecular weight is 188 g/mol. The van der Waals surface area contributed by atoms with Gasteiger partial charge in [-0.25, -0.2) is 4.39 Å². The maximum absolute atomic E-state index is 14.0. The number of halogens is 1. The Bertz CT molecular complexity index is 165. The molecule has 13 heavy (non-hydrogen) atoms. The topological polar surface area (TPSA) is 24.5 Å². The summed E-state index contributed by atoms with van der Waals surface area (Å²) in [5.41, 5.74) is -0.989. The summed E-state index contributed by atoms with van der Waals surface area (Å²) in [6.45, 7) is 5.18. The smallest absolute Gasteiger partial charge is 0.137 e. The van der Waals surface area contributed by atoms with Crippen LogP contribution in [0.25, 0.3) is 0 Å². The molecule has 2 aliphatic heterocycles. The standard InChI is InChI=1S/C9H17FN2O/c10-9(1-2-11-7-9)8-12-3-5-13-6-4-12/h11H,1-8H2. The summed E-state index contributed by atoms with van der Waals surface area (Å²) < 4.78 is 19.2. The molecular formula is C9H17FN2O. The molecule has 2 rings (SSSR count). The van der Waals surface area contributed by atoms with Gasteiger partial charge < -0.3 is 10.1 Å². The van der Waals surface area contributed by atoms with Crippen LogP contribution in [0.1, 0.15) is 6.42 Å². The minimum Gasteiger partial charge on any atom is -0.379 e. The predicted octanol–water partition coefficient (Wildman–Crippen LogP) is 0.0202. The summed E-state index contributed by atoms with van der Waals surface area (Å²) >= 11 is 0. The van der Waals surface area contributed by atoms with Crippen LogP contribution in [0.2, 0.25) is 0 Å². The summed E-state index contributed by atoms with van der Waals surface area (Å²) in [6.07, 6.45) is 0.657. The van der Waals surface area contributed by atoms with E-state index in [-0.39, 0.29) is 0 Å². The van der Waals surface area contributed by atoms with Crippen LogP contribution in [-0.2, 0) is 4.74 Å². The lowest BCUT2D eigenvalue weighted by atomic mass is 10.1. The van der Waals surface area contributed by atoms with Crippen LogP contribution in [0.3, 0.4) is 0 Å². The molecule has 76 valence electrons. The first-order chi connectivity index (χ1) is 6.29. The van der Waals surface area contributed by atoms with Crippen molar-refractivity contribution >= 4 is 0 Å². The van der Waals surface area contributed by atoms with Crippen molar-refractivity contribution in [2.75, 3.05) is 45.9 Å².